The highest BCUT2D eigenvalue weighted by atomic mass is 14.3. The summed E-state index contributed by atoms with van der Waals surface area (Å²) >= 11 is 0. The Labute approximate surface area is 118 Å². The smallest absolute Gasteiger partial charge is 0.0405 e. The zero-order valence-corrected chi connectivity index (χ0v) is 10.6. The van der Waals surface area contributed by atoms with Gasteiger partial charge in [0.25, 0.3) is 0 Å². The maximum Gasteiger partial charge on any atom is 0.0405 e. The highest BCUT2D eigenvalue weighted by Gasteiger charge is 2.25. The maximum absolute atomic E-state index is 5.49. The van der Waals surface area contributed by atoms with Gasteiger partial charge in [-0.3, -0.25) is 0 Å². The van der Waals surface area contributed by atoms with Gasteiger partial charge in [0.15, 0.2) is 0 Å². The van der Waals surface area contributed by atoms with Gasteiger partial charge in [-0.25, -0.2) is 0 Å². The van der Waals surface area contributed by atoms with E-state index in [1.807, 2.05) is 24.3 Å². The van der Waals surface area contributed by atoms with Gasteiger partial charge in [0.1, 0.15) is 0 Å². The van der Waals surface area contributed by atoms with Crippen LogP contribution in [0.4, 0.5) is 0 Å². The summed E-state index contributed by atoms with van der Waals surface area (Å²) in [4.78, 5) is 0. The van der Waals surface area contributed by atoms with Crippen LogP contribution in [0.5, 0.6) is 0 Å². The second kappa shape index (κ2) is 4.11. The number of terminal acetylenes is 4. The Balaban J connectivity index is 2.28. The molecule has 0 nitrogen and oxygen atoms in total. The Morgan fingerprint density at radius 1 is 0.450 bits per heavy atom. The van der Waals surface area contributed by atoms with E-state index in [9.17, 15) is 0 Å². The first-order chi connectivity index (χ1) is 9.73. The molecule has 0 unspecified atom stereocenters. The Morgan fingerprint density at radius 3 is 0.800 bits per heavy atom. The topological polar surface area (TPSA) is 0 Å². The molecule has 0 saturated carbocycles. The van der Waals surface area contributed by atoms with Gasteiger partial charge in [-0.05, 0) is 46.5 Å². The summed E-state index contributed by atoms with van der Waals surface area (Å²) in [6.45, 7) is 0. The molecule has 2 aromatic carbocycles. The van der Waals surface area contributed by atoms with Crippen LogP contribution in [0, 0.1) is 49.4 Å². The van der Waals surface area contributed by atoms with Crippen molar-refractivity contribution in [2.45, 2.75) is 0 Å². The van der Waals surface area contributed by atoms with Gasteiger partial charge in [0, 0.05) is 22.3 Å². The standard InChI is InChI=1S/C20H8/c1-5-13-9-17-18(10-14(13)6-2)20-12-16(8-4)15(7-3)11-19(17)20/h1-4,9-12H. The minimum absolute atomic E-state index is 0.722. The summed E-state index contributed by atoms with van der Waals surface area (Å²) in [7, 11) is 0. The lowest BCUT2D eigenvalue weighted by atomic mass is 9.77. The van der Waals surface area contributed by atoms with Gasteiger partial charge in [-0.15, -0.1) is 25.7 Å². The molecule has 0 heteroatoms. The molecule has 0 heterocycles. The van der Waals surface area contributed by atoms with Crippen LogP contribution in [0.25, 0.3) is 22.3 Å². The molecule has 0 atom stereocenters. The fourth-order valence-corrected chi connectivity index (χ4v) is 2.51. The Hall–Kier alpha value is -3.32. The van der Waals surface area contributed by atoms with Gasteiger partial charge in [0.2, 0.25) is 0 Å². The molecule has 88 valence electrons. The lowest BCUT2D eigenvalue weighted by Gasteiger charge is -2.25. The van der Waals surface area contributed by atoms with Gasteiger partial charge in [-0.1, -0.05) is 23.7 Å². The zero-order valence-electron chi connectivity index (χ0n) is 10.6. The average molecular weight is 248 g/mol. The second-order valence-corrected chi connectivity index (χ2v) is 4.46. The largest absolute Gasteiger partial charge is 0.115 e. The fraction of sp³-hybridized carbons (Fsp3) is 0. The van der Waals surface area contributed by atoms with Crippen LogP contribution in [0.15, 0.2) is 24.3 Å². The van der Waals surface area contributed by atoms with Gasteiger partial charge in [-0.2, -0.15) is 0 Å². The van der Waals surface area contributed by atoms with E-state index >= 15 is 0 Å². The van der Waals surface area contributed by atoms with Gasteiger partial charge >= 0.3 is 0 Å². The van der Waals surface area contributed by atoms with E-state index in [0.717, 1.165) is 44.5 Å². The molecule has 0 spiro atoms. The van der Waals surface area contributed by atoms with Crippen LogP contribution in [0.1, 0.15) is 22.3 Å². The molecule has 0 fully saturated rings. The second-order valence-electron chi connectivity index (χ2n) is 4.46. The van der Waals surface area contributed by atoms with Crippen molar-refractivity contribution >= 4 is 0 Å². The van der Waals surface area contributed by atoms with E-state index < -0.39 is 0 Å². The van der Waals surface area contributed by atoms with Crippen molar-refractivity contribution in [2.75, 3.05) is 0 Å². The third-order valence-electron chi connectivity index (χ3n) is 3.52. The summed E-state index contributed by atoms with van der Waals surface area (Å²) in [6.07, 6.45) is 21.9. The minimum Gasteiger partial charge on any atom is -0.115 e. The molecule has 0 aliphatic heterocycles. The molecule has 0 amide bonds. The quantitative estimate of drug-likeness (QED) is 0.536. The summed E-state index contributed by atoms with van der Waals surface area (Å²) in [5.74, 6) is 10.5. The van der Waals surface area contributed by atoms with Crippen molar-refractivity contribution in [1.29, 1.82) is 0 Å². The number of fused-ring (bicyclic) bond motifs is 4. The monoisotopic (exact) mass is 248 g/mol. The molecule has 0 N–H and O–H groups in total. The van der Waals surface area contributed by atoms with Gasteiger partial charge in [0.05, 0.1) is 0 Å². The van der Waals surface area contributed by atoms with E-state index in [0.29, 0.717) is 0 Å². The van der Waals surface area contributed by atoms with Crippen molar-refractivity contribution in [3.05, 3.63) is 46.5 Å². The first-order valence-electron chi connectivity index (χ1n) is 5.96. The lowest BCUT2D eigenvalue weighted by Crippen LogP contribution is -2.03. The first-order valence-corrected chi connectivity index (χ1v) is 5.96. The molecule has 0 radical (unpaired) electrons. The molecule has 1 aliphatic carbocycles. The van der Waals surface area contributed by atoms with E-state index in [-0.39, 0.29) is 0 Å². The van der Waals surface area contributed by atoms with Crippen molar-refractivity contribution in [3.8, 4) is 71.6 Å². The van der Waals surface area contributed by atoms with Crippen LogP contribution in [-0.4, -0.2) is 0 Å². The normalized spacial score (nSPS) is 9.80. The fourth-order valence-electron chi connectivity index (χ4n) is 2.51. The Bertz CT molecular complexity index is 754. The van der Waals surface area contributed by atoms with E-state index in [2.05, 4.69) is 23.7 Å². The maximum atomic E-state index is 5.49. The van der Waals surface area contributed by atoms with Crippen LogP contribution < -0.4 is 0 Å². The predicted molar refractivity (Wildman–Crippen MR) is 82.6 cm³/mol. The average Bonchev–Trinajstić information content (AvgIpc) is 2.50. The van der Waals surface area contributed by atoms with Crippen LogP contribution >= 0.6 is 0 Å². The van der Waals surface area contributed by atoms with Crippen LogP contribution in [0.2, 0.25) is 0 Å². The van der Waals surface area contributed by atoms with Crippen LogP contribution in [0.3, 0.4) is 0 Å². The van der Waals surface area contributed by atoms with Crippen molar-refractivity contribution in [2.24, 2.45) is 0 Å². The third kappa shape index (κ3) is 1.38. The summed E-state index contributed by atoms with van der Waals surface area (Å²) in [6, 6.07) is 7.73. The third-order valence-corrected chi connectivity index (χ3v) is 3.52. The highest BCUT2D eigenvalue weighted by molar-refractivity contribution is 6.04. The van der Waals surface area contributed by atoms with E-state index in [1.165, 1.54) is 0 Å². The molecule has 0 bridgehead atoms. The SMILES string of the molecule is C#Cc1cc2c(cc1C#C)-c1cc(C#C)c(C#C)cc1-2. The summed E-state index contributed by atoms with van der Waals surface area (Å²) in [5.41, 5.74) is 7.19. The molecule has 0 saturated heterocycles. The minimum atomic E-state index is 0.722. The first kappa shape index (κ1) is 11.8. The van der Waals surface area contributed by atoms with Crippen LogP contribution in [-0.2, 0) is 0 Å². The summed E-state index contributed by atoms with van der Waals surface area (Å²) < 4.78 is 0. The van der Waals surface area contributed by atoms with E-state index in [1.54, 1.807) is 0 Å². The van der Waals surface area contributed by atoms with Crippen molar-refractivity contribution in [3.63, 3.8) is 0 Å². The van der Waals surface area contributed by atoms with E-state index in [4.69, 9.17) is 25.7 Å². The number of benzene rings is 2. The number of hydrogen-bond donors (Lipinski definition) is 0. The predicted octanol–water partition coefficient (Wildman–Crippen LogP) is 3.26. The molecular formula is C20H8. The molecule has 3 rings (SSSR count). The Kier molecular flexibility index (Phi) is 2.41. The van der Waals surface area contributed by atoms with Crippen molar-refractivity contribution in [1.82, 2.24) is 0 Å². The number of rotatable bonds is 0. The molecule has 1 aliphatic rings. The van der Waals surface area contributed by atoms with Crippen molar-refractivity contribution < 1.29 is 0 Å². The summed E-state index contributed by atoms with van der Waals surface area (Å²) in [5, 5.41) is 0. The highest BCUT2D eigenvalue weighted by Crippen LogP contribution is 2.49. The van der Waals surface area contributed by atoms with Gasteiger partial charge < -0.3 is 0 Å². The molecule has 2 aromatic rings. The zero-order chi connectivity index (χ0) is 14.3. The Morgan fingerprint density at radius 2 is 0.650 bits per heavy atom. The lowest BCUT2D eigenvalue weighted by molar-refractivity contribution is 1.46. The molecule has 0 aromatic heterocycles. The number of hydrogen-bond acceptors (Lipinski definition) is 0. The molecule has 20 heavy (non-hydrogen) atoms. The molecular weight excluding hydrogens is 240 g/mol.